The number of benzene rings is 1. The van der Waals surface area contributed by atoms with Crippen LogP contribution in [0.5, 0.6) is 5.75 Å². The third kappa shape index (κ3) is 3.61. The Morgan fingerprint density at radius 3 is 2.76 bits per heavy atom. The molecule has 3 N–H and O–H groups in total. The lowest BCUT2D eigenvalue weighted by molar-refractivity contribution is 0.0924. The molecule has 1 heterocycles. The highest BCUT2D eigenvalue weighted by Gasteiger charge is 2.13. The molecule has 0 spiro atoms. The van der Waals surface area contributed by atoms with Crippen LogP contribution in [0.3, 0.4) is 0 Å². The lowest BCUT2D eigenvalue weighted by atomic mass is 10.2. The maximum atomic E-state index is 11.4. The Labute approximate surface area is 122 Å². The fourth-order valence-corrected chi connectivity index (χ4v) is 1.80. The SMILES string of the molecule is Cc1oc(C(=O)NN)cc1COc1ccc(CC#N)cc1. The maximum absolute atomic E-state index is 11.4. The average molecular weight is 285 g/mol. The molecule has 0 atom stereocenters. The highest BCUT2D eigenvalue weighted by Crippen LogP contribution is 2.18. The van der Waals surface area contributed by atoms with E-state index in [1.807, 2.05) is 17.6 Å². The Bertz CT molecular complexity index is 668. The van der Waals surface area contributed by atoms with Gasteiger partial charge in [0.15, 0.2) is 5.76 Å². The summed E-state index contributed by atoms with van der Waals surface area (Å²) >= 11 is 0. The van der Waals surface area contributed by atoms with Crippen LogP contribution in [0, 0.1) is 18.3 Å². The molecule has 2 aromatic rings. The van der Waals surface area contributed by atoms with E-state index >= 15 is 0 Å². The number of aryl methyl sites for hydroxylation is 1. The van der Waals surface area contributed by atoms with Gasteiger partial charge in [-0.25, -0.2) is 5.84 Å². The number of ether oxygens (including phenoxy) is 1. The predicted octanol–water partition coefficient (Wildman–Crippen LogP) is 1.84. The molecule has 0 aliphatic heterocycles. The van der Waals surface area contributed by atoms with Crippen LogP contribution in [-0.2, 0) is 13.0 Å². The van der Waals surface area contributed by atoms with Gasteiger partial charge in [-0.3, -0.25) is 10.2 Å². The van der Waals surface area contributed by atoms with Crippen molar-refractivity contribution in [3.8, 4) is 11.8 Å². The summed E-state index contributed by atoms with van der Waals surface area (Å²) in [6.07, 6.45) is 0.374. The summed E-state index contributed by atoms with van der Waals surface area (Å²) in [5.74, 6) is 6.01. The number of furan rings is 1. The summed E-state index contributed by atoms with van der Waals surface area (Å²) in [6.45, 7) is 2.03. The lowest BCUT2D eigenvalue weighted by Crippen LogP contribution is -2.29. The van der Waals surface area contributed by atoms with Gasteiger partial charge in [-0.15, -0.1) is 0 Å². The summed E-state index contributed by atoms with van der Waals surface area (Å²) in [5, 5.41) is 8.61. The van der Waals surface area contributed by atoms with E-state index in [0.717, 1.165) is 11.1 Å². The van der Waals surface area contributed by atoms with E-state index in [0.29, 0.717) is 17.9 Å². The smallest absolute Gasteiger partial charge is 0.300 e. The molecule has 0 bridgehead atoms. The number of hydrogen-bond donors (Lipinski definition) is 2. The first-order valence-electron chi connectivity index (χ1n) is 6.33. The van der Waals surface area contributed by atoms with Crippen LogP contribution in [0.2, 0.25) is 0 Å². The van der Waals surface area contributed by atoms with Crippen LogP contribution >= 0.6 is 0 Å². The van der Waals surface area contributed by atoms with E-state index in [-0.39, 0.29) is 12.4 Å². The number of rotatable bonds is 5. The first-order chi connectivity index (χ1) is 10.1. The maximum Gasteiger partial charge on any atom is 0.300 e. The average Bonchev–Trinajstić information content (AvgIpc) is 2.87. The Hall–Kier alpha value is -2.78. The number of hydrogen-bond acceptors (Lipinski definition) is 5. The Balaban J connectivity index is 2.01. The molecule has 21 heavy (non-hydrogen) atoms. The molecule has 1 aromatic heterocycles. The summed E-state index contributed by atoms with van der Waals surface area (Å²) in [4.78, 5) is 11.4. The van der Waals surface area contributed by atoms with Gasteiger partial charge in [0.25, 0.3) is 0 Å². The second-order valence-corrected chi connectivity index (χ2v) is 4.43. The van der Waals surface area contributed by atoms with Gasteiger partial charge in [0.05, 0.1) is 12.5 Å². The predicted molar refractivity (Wildman–Crippen MR) is 75.2 cm³/mol. The molecule has 2 rings (SSSR count). The molecule has 0 fully saturated rings. The number of hydrazine groups is 1. The molecule has 6 heteroatoms. The van der Waals surface area contributed by atoms with Crippen molar-refractivity contribution in [3.05, 3.63) is 53.0 Å². The fourth-order valence-electron chi connectivity index (χ4n) is 1.80. The summed E-state index contributed by atoms with van der Waals surface area (Å²) < 4.78 is 10.9. The summed E-state index contributed by atoms with van der Waals surface area (Å²) in [7, 11) is 0. The van der Waals surface area contributed by atoms with Crippen molar-refractivity contribution in [1.82, 2.24) is 5.43 Å². The van der Waals surface area contributed by atoms with Gasteiger partial charge in [-0.05, 0) is 30.7 Å². The van der Waals surface area contributed by atoms with Gasteiger partial charge in [-0.2, -0.15) is 5.26 Å². The van der Waals surface area contributed by atoms with Crippen LogP contribution in [-0.4, -0.2) is 5.91 Å². The topological polar surface area (TPSA) is 101 Å². The van der Waals surface area contributed by atoms with Crippen molar-refractivity contribution >= 4 is 5.91 Å². The number of amides is 1. The zero-order valence-corrected chi connectivity index (χ0v) is 11.6. The van der Waals surface area contributed by atoms with Crippen molar-refractivity contribution in [2.45, 2.75) is 20.0 Å². The molecule has 6 nitrogen and oxygen atoms in total. The minimum absolute atomic E-state index is 0.151. The van der Waals surface area contributed by atoms with Crippen molar-refractivity contribution in [1.29, 1.82) is 5.26 Å². The standard InChI is InChI=1S/C15H15N3O3/c1-10-12(8-14(21-10)15(19)18-17)9-20-13-4-2-11(3-5-13)6-7-16/h2-5,8H,6,9,17H2,1H3,(H,18,19). The first kappa shape index (κ1) is 14.6. The van der Waals surface area contributed by atoms with Crippen LogP contribution in [0.4, 0.5) is 0 Å². The highest BCUT2D eigenvalue weighted by molar-refractivity contribution is 5.91. The molecular formula is C15H15N3O3. The number of carbonyl (C=O) groups excluding carboxylic acids is 1. The molecule has 0 saturated heterocycles. The highest BCUT2D eigenvalue weighted by atomic mass is 16.5. The number of nitrogens with zero attached hydrogens (tertiary/aromatic N) is 1. The van der Waals surface area contributed by atoms with Crippen LogP contribution in [0.25, 0.3) is 0 Å². The zero-order chi connectivity index (χ0) is 15.2. The van der Waals surface area contributed by atoms with Gasteiger partial charge < -0.3 is 9.15 Å². The third-order valence-electron chi connectivity index (χ3n) is 2.98. The molecule has 0 saturated carbocycles. The van der Waals surface area contributed by atoms with Gasteiger partial charge in [0.1, 0.15) is 18.1 Å². The van der Waals surface area contributed by atoms with Crippen LogP contribution in [0.1, 0.15) is 27.4 Å². The van der Waals surface area contributed by atoms with Crippen molar-refractivity contribution in [2.75, 3.05) is 0 Å². The second kappa shape index (κ2) is 6.59. The molecule has 1 aromatic carbocycles. The normalized spacial score (nSPS) is 9.95. The largest absolute Gasteiger partial charge is 0.489 e. The molecule has 108 valence electrons. The number of carbonyl (C=O) groups is 1. The van der Waals surface area contributed by atoms with Crippen molar-refractivity contribution in [2.24, 2.45) is 5.84 Å². The van der Waals surface area contributed by atoms with Gasteiger partial charge >= 0.3 is 5.91 Å². The lowest BCUT2D eigenvalue weighted by Gasteiger charge is -2.05. The molecule has 0 aliphatic rings. The molecule has 0 aliphatic carbocycles. The number of nitrogen functional groups attached to an aromatic ring is 1. The molecule has 1 amide bonds. The second-order valence-electron chi connectivity index (χ2n) is 4.43. The first-order valence-corrected chi connectivity index (χ1v) is 6.33. The third-order valence-corrected chi connectivity index (χ3v) is 2.98. The Morgan fingerprint density at radius 1 is 1.43 bits per heavy atom. The number of nitrogens with one attached hydrogen (secondary N) is 1. The Kier molecular flexibility index (Phi) is 4.59. The van der Waals surface area contributed by atoms with E-state index in [2.05, 4.69) is 6.07 Å². The summed E-state index contributed by atoms with van der Waals surface area (Å²) in [6, 6.07) is 11.0. The molecule has 0 unspecified atom stereocenters. The molecule has 0 radical (unpaired) electrons. The zero-order valence-electron chi connectivity index (χ0n) is 11.6. The quantitative estimate of drug-likeness (QED) is 0.496. The van der Waals surface area contributed by atoms with E-state index in [4.69, 9.17) is 20.3 Å². The number of nitriles is 1. The van der Waals surface area contributed by atoms with Crippen molar-refractivity contribution < 1.29 is 13.9 Å². The minimum atomic E-state index is -0.481. The van der Waals surface area contributed by atoms with Gasteiger partial charge in [-0.1, -0.05) is 12.1 Å². The Morgan fingerprint density at radius 2 is 2.14 bits per heavy atom. The van der Waals surface area contributed by atoms with E-state index in [1.165, 1.54) is 0 Å². The van der Waals surface area contributed by atoms with Crippen LogP contribution < -0.4 is 16.0 Å². The van der Waals surface area contributed by atoms with E-state index in [9.17, 15) is 4.79 Å². The monoisotopic (exact) mass is 285 g/mol. The van der Waals surface area contributed by atoms with Gasteiger partial charge in [0, 0.05) is 5.56 Å². The minimum Gasteiger partial charge on any atom is -0.489 e. The van der Waals surface area contributed by atoms with Crippen LogP contribution in [0.15, 0.2) is 34.7 Å². The van der Waals surface area contributed by atoms with Gasteiger partial charge in [0.2, 0.25) is 0 Å². The van der Waals surface area contributed by atoms with E-state index < -0.39 is 5.91 Å². The van der Waals surface area contributed by atoms with E-state index in [1.54, 1.807) is 25.1 Å². The summed E-state index contributed by atoms with van der Waals surface area (Å²) in [5.41, 5.74) is 3.72. The number of nitrogens with two attached hydrogens (primary N) is 1. The molecular weight excluding hydrogens is 270 g/mol. The van der Waals surface area contributed by atoms with Crippen molar-refractivity contribution in [3.63, 3.8) is 0 Å². The fraction of sp³-hybridized carbons (Fsp3) is 0.200.